The van der Waals surface area contributed by atoms with Crippen LogP contribution in [0.2, 0.25) is 0 Å². The Bertz CT molecular complexity index is 1370. The lowest BCUT2D eigenvalue weighted by molar-refractivity contribution is -0.362. The predicted octanol–water partition coefficient (Wildman–Crippen LogP) is 1.34. The first kappa shape index (κ1) is 37.9. The largest absolute Gasteiger partial charge is 0.463 e. The van der Waals surface area contributed by atoms with Crippen LogP contribution in [0.5, 0.6) is 0 Å². The van der Waals surface area contributed by atoms with Crippen molar-refractivity contribution >= 4 is 23.9 Å². The molecule has 0 unspecified atom stereocenters. The van der Waals surface area contributed by atoms with Gasteiger partial charge in [0.2, 0.25) is 0 Å². The van der Waals surface area contributed by atoms with Gasteiger partial charge in [0.15, 0.2) is 30.9 Å². The Labute approximate surface area is 283 Å². The Kier molecular flexibility index (Phi) is 14.0. The van der Waals surface area contributed by atoms with Crippen LogP contribution in [0, 0.1) is 0 Å². The fourth-order valence-electron chi connectivity index (χ4n) is 5.47. The number of esters is 4. The lowest BCUT2D eigenvalue weighted by Crippen LogP contribution is -2.66. The van der Waals surface area contributed by atoms with Crippen molar-refractivity contribution in [1.29, 1.82) is 0 Å². The monoisotopic (exact) mass is 690 g/mol. The summed E-state index contributed by atoms with van der Waals surface area (Å²) in [5.41, 5.74) is 1.60. The third-order valence-electron chi connectivity index (χ3n) is 7.55. The number of benzene rings is 2. The van der Waals surface area contributed by atoms with Gasteiger partial charge < -0.3 is 52.8 Å². The van der Waals surface area contributed by atoms with E-state index in [1.165, 1.54) is 0 Å². The van der Waals surface area contributed by atoms with Gasteiger partial charge in [-0.1, -0.05) is 60.7 Å². The lowest BCUT2D eigenvalue weighted by atomic mass is 9.96. The summed E-state index contributed by atoms with van der Waals surface area (Å²) < 4.78 is 51.5. The number of aliphatic hydroxyl groups is 2. The molecule has 0 aliphatic carbocycles. The van der Waals surface area contributed by atoms with Crippen LogP contribution in [0.3, 0.4) is 0 Å². The number of hydrogen-bond donors (Lipinski definition) is 2. The minimum absolute atomic E-state index is 0.0216. The molecule has 4 rings (SSSR count). The van der Waals surface area contributed by atoms with Crippen molar-refractivity contribution in [2.45, 2.75) is 102 Å². The van der Waals surface area contributed by atoms with Crippen molar-refractivity contribution in [3.63, 3.8) is 0 Å². The van der Waals surface area contributed by atoms with E-state index < -0.39 is 91.9 Å². The molecule has 0 radical (unpaired) electrons. The van der Waals surface area contributed by atoms with Gasteiger partial charge in [0.1, 0.15) is 37.1 Å². The van der Waals surface area contributed by atoms with Crippen molar-refractivity contribution in [3.05, 3.63) is 71.8 Å². The Hall–Kier alpha value is -3.96. The Morgan fingerprint density at radius 3 is 1.73 bits per heavy atom. The van der Waals surface area contributed by atoms with Crippen LogP contribution in [0.15, 0.2) is 60.7 Å². The highest BCUT2D eigenvalue weighted by atomic mass is 16.8. The van der Waals surface area contributed by atoms with Crippen molar-refractivity contribution in [1.82, 2.24) is 0 Å². The van der Waals surface area contributed by atoms with Gasteiger partial charge in [-0.15, -0.1) is 0 Å². The smallest absolute Gasteiger partial charge is 0.303 e. The zero-order chi connectivity index (χ0) is 35.5. The van der Waals surface area contributed by atoms with E-state index in [0.29, 0.717) is 0 Å². The SMILES string of the molecule is CC(=O)OC[C@H]1O[C@@H](O[C@H]2[C@H](O)[C@@H](COCc3ccccc3)O[C@@H](O)[C@@H]2OCc2ccccc2)[C@H](OC(C)=O)[C@@H](OC(C)=O)[C@H]1OC(C)=O. The first-order chi connectivity index (χ1) is 23.4. The van der Waals surface area contributed by atoms with Gasteiger partial charge in [0, 0.05) is 27.7 Å². The molecule has 0 aromatic heterocycles. The van der Waals surface area contributed by atoms with Crippen LogP contribution < -0.4 is 0 Å². The maximum Gasteiger partial charge on any atom is 0.303 e. The summed E-state index contributed by atoms with van der Waals surface area (Å²) in [6.07, 6.45) is -14.5. The zero-order valence-corrected chi connectivity index (χ0v) is 27.6. The van der Waals surface area contributed by atoms with Crippen molar-refractivity contribution < 1.29 is 72.0 Å². The summed E-state index contributed by atoms with van der Waals surface area (Å²) in [5, 5.41) is 22.8. The predicted molar refractivity (Wildman–Crippen MR) is 165 cm³/mol. The number of rotatable bonds is 14. The summed E-state index contributed by atoms with van der Waals surface area (Å²) in [6, 6.07) is 18.3. The Morgan fingerprint density at radius 1 is 0.612 bits per heavy atom. The maximum atomic E-state index is 12.3. The van der Waals surface area contributed by atoms with Crippen molar-refractivity contribution in [3.8, 4) is 0 Å². The number of ether oxygens (including phenoxy) is 9. The van der Waals surface area contributed by atoms with Gasteiger partial charge in [-0.2, -0.15) is 0 Å². The van der Waals surface area contributed by atoms with Gasteiger partial charge in [-0.25, -0.2) is 0 Å². The molecular formula is C34H42O15. The maximum absolute atomic E-state index is 12.3. The minimum Gasteiger partial charge on any atom is -0.463 e. The van der Waals surface area contributed by atoms with Crippen LogP contribution in [-0.2, 0) is 75.0 Å². The molecule has 0 amide bonds. The Morgan fingerprint density at radius 2 is 1.16 bits per heavy atom. The highest BCUT2D eigenvalue weighted by Crippen LogP contribution is 2.34. The summed E-state index contributed by atoms with van der Waals surface area (Å²) in [6.45, 7) is 3.94. The number of carbonyl (C=O) groups excluding carboxylic acids is 4. The molecule has 15 heteroatoms. The Balaban J connectivity index is 1.66. The molecule has 0 saturated carbocycles. The van der Waals surface area contributed by atoms with Crippen LogP contribution in [-0.4, -0.2) is 109 Å². The third kappa shape index (κ3) is 11.0. The van der Waals surface area contributed by atoms with E-state index in [-0.39, 0.29) is 19.8 Å². The third-order valence-corrected chi connectivity index (χ3v) is 7.55. The standard InChI is InChI=1S/C34H42O15/c1-19(35)42-18-26-28(44-20(2)36)30(45-21(3)37)32(46-22(4)38)34(48-26)49-29-27(39)25(17-41-15-23-11-7-5-8-12-23)47-33(40)31(29)43-16-24-13-9-6-10-14-24/h5-14,25-34,39-40H,15-18H2,1-4H3/t25-,26-,27-,28+,29+,30+,31-,32-,33-,34+/m1/s1. The highest BCUT2D eigenvalue weighted by molar-refractivity contribution is 5.68. The van der Waals surface area contributed by atoms with Gasteiger partial charge in [-0.05, 0) is 11.1 Å². The molecule has 2 heterocycles. The van der Waals surface area contributed by atoms with Crippen LogP contribution in [0.4, 0.5) is 0 Å². The second-order valence-corrected chi connectivity index (χ2v) is 11.5. The molecule has 10 atom stereocenters. The molecule has 15 nitrogen and oxygen atoms in total. The number of hydrogen-bond acceptors (Lipinski definition) is 15. The van der Waals surface area contributed by atoms with Crippen molar-refractivity contribution in [2.75, 3.05) is 13.2 Å². The molecule has 2 aliphatic rings. The van der Waals surface area contributed by atoms with Crippen LogP contribution >= 0.6 is 0 Å². The van der Waals surface area contributed by atoms with E-state index in [9.17, 15) is 29.4 Å². The normalized spacial score (nSPS) is 29.8. The average molecular weight is 691 g/mol. The molecular weight excluding hydrogens is 648 g/mol. The zero-order valence-electron chi connectivity index (χ0n) is 27.6. The quantitative estimate of drug-likeness (QED) is 0.213. The first-order valence-corrected chi connectivity index (χ1v) is 15.7. The molecule has 0 bridgehead atoms. The van der Waals surface area contributed by atoms with Gasteiger partial charge in [0.25, 0.3) is 0 Å². The van der Waals surface area contributed by atoms with Gasteiger partial charge in [0.05, 0.1) is 19.8 Å². The van der Waals surface area contributed by atoms with E-state index in [4.69, 9.17) is 42.6 Å². The first-order valence-electron chi connectivity index (χ1n) is 15.7. The van der Waals surface area contributed by atoms with Crippen LogP contribution in [0.25, 0.3) is 0 Å². The fourth-order valence-corrected chi connectivity index (χ4v) is 5.47. The lowest BCUT2D eigenvalue weighted by Gasteiger charge is -2.48. The van der Waals surface area contributed by atoms with Gasteiger partial charge >= 0.3 is 23.9 Å². The molecule has 2 saturated heterocycles. The molecule has 2 aromatic carbocycles. The van der Waals surface area contributed by atoms with E-state index in [1.807, 2.05) is 36.4 Å². The molecule has 2 aliphatic heterocycles. The van der Waals surface area contributed by atoms with E-state index in [1.54, 1.807) is 24.3 Å². The minimum atomic E-state index is -1.65. The molecule has 2 N–H and O–H groups in total. The summed E-state index contributed by atoms with van der Waals surface area (Å²) >= 11 is 0. The number of aliphatic hydroxyl groups excluding tert-OH is 2. The molecule has 2 fully saturated rings. The highest BCUT2D eigenvalue weighted by Gasteiger charge is 2.56. The van der Waals surface area contributed by atoms with E-state index >= 15 is 0 Å². The van der Waals surface area contributed by atoms with Crippen molar-refractivity contribution in [2.24, 2.45) is 0 Å². The summed E-state index contributed by atoms with van der Waals surface area (Å²) in [4.78, 5) is 48.4. The molecule has 268 valence electrons. The fraction of sp³-hybridized carbons (Fsp3) is 0.529. The summed E-state index contributed by atoms with van der Waals surface area (Å²) in [7, 11) is 0. The van der Waals surface area contributed by atoms with Crippen LogP contribution in [0.1, 0.15) is 38.8 Å². The summed E-state index contributed by atoms with van der Waals surface area (Å²) in [5.74, 6) is -3.15. The average Bonchev–Trinajstić information content (AvgIpc) is 3.05. The van der Waals surface area contributed by atoms with E-state index in [0.717, 1.165) is 38.8 Å². The second-order valence-electron chi connectivity index (χ2n) is 11.5. The molecule has 2 aromatic rings. The number of carbonyl (C=O) groups is 4. The topological polar surface area (TPSA) is 192 Å². The molecule has 0 spiro atoms. The molecule has 49 heavy (non-hydrogen) atoms. The van der Waals surface area contributed by atoms with Gasteiger partial charge in [-0.3, -0.25) is 19.2 Å². The second kappa shape index (κ2) is 18.2. The van der Waals surface area contributed by atoms with E-state index in [2.05, 4.69) is 0 Å².